The summed E-state index contributed by atoms with van der Waals surface area (Å²) in [5.74, 6) is 0.650. The van der Waals surface area contributed by atoms with Crippen LogP contribution in [0.5, 0.6) is 0 Å². The van der Waals surface area contributed by atoms with Crippen LogP contribution in [0.15, 0.2) is 76.7 Å². The van der Waals surface area contributed by atoms with Crippen LogP contribution in [0.3, 0.4) is 0 Å². The summed E-state index contributed by atoms with van der Waals surface area (Å²) < 4.78 is 1.74. The molecule has 0 aliphatic carbocycles. The maximum absolute atomic E-state index is 13.4. The number of nitrogens with zero attached hydrogens (tertiary/aromatic N) is 2. The Labute approximate surface area is 204 Å². The maximum atomic E-state index is 13.4. The van der Waals surface area contributed by atoms with Crippen molar-refractivity contribution in [3.8, 4) is 0 Å². The first kappa shape index (κ1) is 23.8. The number of carbonyl (C=O) groups excluding carboxylic acids is 1. The number of benzene rings is 3. The summed E-state index contributed by atoms with van der Waals surface area (Å²) in [6.07, 6.45) is 0.893. The molecule has 0 aliphatic heterocycles. The lowest BCUT2D eigenvalue weighted by Crippen LogP contribution is -2.25. The zero-order valence-corrected chi connectivity index (χ0v) is 20.6. The number of thioether (sulfide) groups is 1. The molecule has 0 bridgehead atoms. The van der Waals surface area contributed by atoms with E-state index in [1.54, 1.807) is 16.3 Å². The Morgan fingerprint density at radius 2 is 1.79 bits per heavy atom. The van der Waals surface area contributed by atoms with Crippen molar-refractivity contribution >= 4 is 28.6 Å². The number of carbonyl (C=O) groups is 1. The van der Waals surface area contributed by atoms with E-state index in [1.807, 2.05) is 55.5 Å². The summed E-state index contributed by atoms with van der Waals surface area (Å²) in [7, 11) is 0. The van der Waals surface area contributed by atoms with Gasteiger partial charge in [0.1, 0.15) is 0 Å². The molecule has 0 saturated heterocycles. The van der Waals surface area contributed by atoms with Crippen LogP contribution < -0.4 is 10.9 Å². The standard InChI is InChI=1S/C28H29N3O2S/c1-4-15-29-26(32)22-13-11-21(12-14-22)17-31-27(33)24-7-5-6-8-25(24)30-28(31)34-18-23-16-19(2)9-10-20(23)3/h5-14,16H,4,15,17-18H2,1-3H3,(H,29,32). The van der Waals surface area contributed by atoms with Gasteiger partial charge >= 0.3 is 0 Å². The molecule has 0 saturated carbocycles. The van der Waals surface area contributed by atoms with Crippen LogP contribution in [-0.4, -0.2) is 22.0 Å². The number of rotatable bonds is 8. The fourth-order valence-corrected chi connectivity index (χ4v) is 4.84. The van der Waals surface area contributed by atoms with Crippen molar-refractivity contribution < 1.29 is 4.79 Å². The highest BCUT2D eigenvalue weighted by Gasteiger charge is 2.13. The molecule has 0 spiro atoms. The molecule has 0 fully saturated rings. The Morgan fingerprint density at radius 1 is 1.03 bits per heavy atom. The third-order valence-corrected chi connectivity index (χ3v) is 6.81. The van der Waals surface area contributed by atoms with Crippen LogP contribution in [0.4, 0.5) is 0 Å². The Bertz CT molecular complexity index is 1380. The lowest BCUT2D eigenvalue weighted by Gasteiger charge is -2.14. The van der Waals surface area contributed by atoms with E-state index in [-0.39, 0.29) is 11.5 Å². The van der Waals surface area contributed by atoms with Gasteiger partial charge in [0.05, 0.1) is 17.4 Å². The van der Waals surface area contributed by atoms with E-state index in [0.29, 0.717) is 34.7 Å². The van der Waals surface area contributed by atoms with Crippen molar-refractivity contribution in [1.82, 2.24) is 14.9 Å². The Balaban J connectivity index is 1.65. The minimum atomic E-state index is -0.0808. The smallest absolute Gasteiger partial charge is 0.262 e. The minimum Gasteiger partial charge on any atom is -0.352 e. The van der Waals surface area contributed by atoms with Gasteiger partial charge in [-0.25, -0.2) is 4.98 Å². The van der Waals surface area contributed by atoms with Gasteiger partial charge in [-0.1, -0.05) is 66.7 Å². The highest BCUT2D eigenvalue weighted by Crippen LogP contribution is 2.25. The van der Waals surface area contributed by atoms with Gasteiger partial charge in [0, 0.05) is 17.9 Å². The highest BCUT2D eigenvalue weighted by atomic mass is 32.2. The lowest BCUT2D eigenvalue weighted by atomic mass is 10.1. The van der Waals surface area contributed by atoms with E-state index in [9.17, 15) is 9.59 Å². The Morgan fingerprint density at radius 3 is 2.56 bits per heavy atom. The molecule has 1 aromatic heterocycles. The van der Waals surface area contributed by atoms with E-state index >= 15 is 0 Å². The number of para-hydroxylation sites is 1. The van der Waals surface area contributed by atoms with E-state index in [1.165, 1.54) is 16.7 Å². The molecule has 34 heavy (non-hydrogen) atoms. The predicted molar refractivity (Wildman–Crippen MR) is 140 cm³/mol. The van der Waals surface area contributed by atoms with E-state index in [4.69, 9.17) is 4.98 Å². The number of hydrogen-bond acceptors (Lipinski definition) is 4. The van der Waals surface area contributed by atoms with Gasteiger partial charge < -0.3 is 5.32 Å². The second-order valence-corrected chi connectivity index (χ2v) is 9.42. The normalized spacial score (nSPS) is 11.0. The summed E-state index contributed by atoms with van der Waals surface area (Å²) in [5.41, 5.74) is 5.89. The number of aromatic nitrogens is 2. The molecule has 174 valence electrons. The topological polar surface area (TPSA) is 64.0 Å². The van der Waals surface area contributed by atoms with Crippen LogP contribution in [0.25, 0.3) is 10.9 Å². The molecule has 0 atom stereocenters. The van der Waals surface area contributed by atoms with Crippen molar-refractivity contribution in [1.29, 1.82) is 0 Å². The molecule has 6 heteroatoms. The molecular formula is C28H29N3O2S. The molecule has 5 nitrogen and oxygen atoms in total. The number of nitrogens with one attached hydrogen (secondary N) is 1. The molecule has 4 rings (SSSR count). The quantitative estimate of drug-likeness (QED) is 0.272. The largest absolute Gasteiger partial charge is 0.352 e. The third-order valence-electron chi connectivity index (χ3n) is 5.78. The van der Waals surface area contributed by atoms with Crippen molar-refractivity contribution in [2.45, 2.75) is 44.6 Å². The molecule has 3 aromatic carbocycles. The summed E-state index contributed by atoms with van der Waals surface area (Å²) in [6.45, 7) is 7.26. The lowest BCUT2D eigenvalue weighted by molar-refractivity contribution is 0.0953. The Kier molecular flexibility index (Phi) is 7.48. The third kappa shape index (κ3) is 5.39. The van der Waals surface area contributed by atoms with Crippen molar-refractivity contribution in [3.05, 3.63) is 105 Å². The first-order valence-corrected chi connectivity index (χ1v) is 12.5. The fraction of sp³-hybridized carbons (Fsp3) is 0.250. The average molecular weight is 472 g/mol. The molecule has 1 amide bonds. The van der Waals surface area contributed by atoms with Crippen molar-refractivity contribution in [2.75, 3.05) is 6.54 Å². The number of hydrogen-bond donors (Lipinski definition) is 1. The van der Waals surface area contributed by atoms with Gasteiger partial charge in [-0.2, -0.15) is 0 Å². The van der Waals surface area contributed by atoms with Gasteiger partial charge in [0.15, 0.2) is 5.16 Å². The molecule has 0 unspecified atom stereocenters. The second kappa shape index (κ2) is 10.7. The van der Waals surface area contributed by atoms with Crippen LogP contribution >= 0.6 is 11.8 Å². The molecule has 0 aliphatic rings. The minimum absolute atomic E-state index is 0.0566. The second-order valence-electron chi connectivity index (χ2n) is 8.47. The molecule has 1 N–H and O–H groups in total. The average Bonchev–Trinajstić information content (AvgIpc) is 2.85. The Hall–Kier alpha value is -3.38. The van der Waals surface area contributed by atoms with Gasteiger partial charge in [-0.05, 0) is 61.2 Å². The first-order valence-electron chi connectivity index (χ1n) is 11.5. The van der Waals surface area contributed by atoms with Crippen LogP contribution in [0.2, 0.25) is 0 Å². The zero-order valence-electron chi connectivity index (χ0n) is 19.8. The van der Waals surface area contributed by atoms with Gasteiger partial charge in [-0.15, -0.1) is 0 Å². The molecular weight excluding hydrogens is 442 g/mol. The first-order chi connectivity index (χ1) is 16.5. The van der Waals surface area contributed by atoms with E-state index in [2.05, 4.69) is 37.4 Å². The van der Waals surface area contributed by atoms with Crippen molar-refractivity contribution in [2.24, 2.45) is 0 Å². The van der Waals surface area contributed by atoms with Crippen LogP contribution in [0, 0.1) is 13.8 Å². The molecule has 4 aromatic rings. The SMILES string of the molecule is CCCNC(=O)c1ccc(Cn2c(SCc3cc(C)ccc3C)nc3ccccc3c2=O)cc1. The number of aryl methyl sites for hydroxylation is 2. The summed E-state index contributed by atoms with van der Waals surface area (Å²) >= 11 is 1.58. The molecule has 1 heterocycles. The van der Waals surface area contributed by atoms with Crippen molar-refractivity contribution in [3.63, 3.8) is 0 Å². The fourth-order valence-electron chi connectivity index (χ4n) is 3.78. The van der Waals surface area contributed by atoms with E-state index < -0.39 is 0 Å². The highest BCUT2D eigenvalue weighted by molar-refractivity contribution is 7.98. The summed E-state index contributed by atoms with van der Waals surface area (Å²) in [5, 5.41) is 4.18. The van der Waals surface area contributed by atoms with E-state index in [0.717, 1.165) is 17.7 Å². The van der Waals surface area contributed by atoms with Crippen LogP contribution in [0.1, 0.15) is 46.0 Å². The van der Waals surface area contributed by atoms with Gasteiger partial charge in [0.2, 0.25) is 0 Å². The molecule has 0 radical (unpaired) electrons. The zero-order chi connectivity index (χ0) is 24.1. The predicted octanol–water partition coefficient (Wildman–Crippen LogP) is 5.49. The van der Waals surface area contributed by atoms with Gasteiger partial charge in [0.25, 0.3) is 11.5 Å². The monoisotopic (exact) mass is 471 g/mol. The number of fused-ring (bicyclic) bond motifs is 1. The van der Waals surface area contributed by atoms with Gasteiger partial charge in [-0.3, -0.25) is 14.2 Å². The van der Waals surface area contributed by atoms with Crippen LogP contribution in [-0.2, 0) is 12.3 Å². The number of amides is 1. The maximum Gasteiger partial charge on any atom is 0.262 e. The summed E-state index contributed by atoms with van der Waals surface area (Å²) in [4.78, 5) is 30.5. The summed E-state index contributed by atoms with van der Waals surface area (Å²) in [6, 6.07) is 21.3.